The number of likely N-dealkylation sites (tertiary alicyclic amines) is 1. The summed E-state index contributed by atoms with van der Waals surface area (Å²) in [5, 5.41) is 0. The molecule has 0 saturated carbocycles. The maximum atomic E-state index is 12.7. The van der Waals surface area contributed by atoms with E-state index in [2.05, 4.69) is 21.8 Å². The van der Waals surface area contributed by atoms with E-state index in [1.54, 1.807) is 18.6 Å². The van der Waals surface area contributed by atoms with Crippen LogP contribution >= 0.6 is 0 Å². The third kappa shape index (κ3) is 4.50. The van der Waals surface area contributed by atoms with E-state index in [1.807, 2.05) is 36.2 Å². The van der Waals surface area contributed by atoms with Crippen molar-refractivity contribution >= 4 is 11.7 Å². The Hall–Kier alpha value is -2.63. The van der Waals surface area contributed by atoms with Gasteiger partial charge in [-0.05, 0) is 30.7 Å². The van der Waals surface area contributed by atoms with Gasteiger partial charge < -0.3 is 14.5 Å². The molecule has 0 unspecified atom stereocenters. The topological polar surface area (TPSA) is 58.6 Å². The van der Waals surface area contributed by atoms with Gasteiger partial charge in [0.05, 0.1) is 11.8 Å². The molecule has 138 valence electrons. The molecule has 6 heteroatoms. The smallest absolute Gasteiger partial charge is 0.255 e. The lowest BCUT2D eigenvalue weighted by Gasteiger charge is -2.32. The van der Waals surface area contributed by atoms with Crippen molar-refractivity contribution in [3.05, 3.63) is 48.4 Å². The van der Waals surface area contributed by atoms with Crippen LogP contribution < -0.4 is 9.64 Å². The van der Waals surface area contributed by atoms with Gasteiger partial charge in [-0.1, -0.05) is 6.92 Å². The second kappa shape index (κ2) is 8.65. The molecule has 2 aromatic heterocycles. The molecule has 0 radical (unpaired) electrons. The fourth-order valence-corrected chi connectivity index (χ4v) is 3.16. The average molecular weight is 354 g/mol. The van der Waals surface area contributed by atoms with Crippen molar-refractivity contribution in [2.45, 2.75) is 32.3 Å². The molecule has 0 atom stereocenters. The minimum absolute atomic E-state index is 0.0435. The van der Waals surface area contributed by atoms with Crippen molar-refractivity contribution in [3.8, 4) is 5.75 Å². The van der Waals surface area contributed by atoms with E-state index >= 15 is 0 Å². The van der Waals surface area contributed by atoms with Crippen LogP contribution in [0.2, 0.25) is 0 Å². The Morgan fingerprint density at radius 2 is 2.08 bits per heavy atom. The molecule has 0 aromatic carbocycles. The average Bonchev–Trinajstić information content (AvgIpc) is 2.69. The first-order valence-corrected chi connectivity index (χ1v) is 9.20. The van der Waals surface area contributed by atoms with Crippen LogP contribution in [0.4, 0.5) is 5.82 Å². The summed E-state index contributed by atoms with van der Waals surface area (Å²) in [5.74, 6) is 1.72. The fraction of sp³-hybridized carbons (Fsp3) is 0.450. The highest BCUT2D eigenvalue weighted by molar-refractivity contribution is 5.94. The van der Waals surface area contributed by atoms with Crippen molar-refractivity contribution in [2.75, 3.05) is 31.6 Å². The van der Waals surface area contributed by atoms with E-state index in [4.69, 9.17) is 4.74 Å². The van der Waals surface area contributed by atoms with E-state index in [9.17, 15) is 4.79 Å². The maximum absolute atomic E-state index is 12.7. The van der Waals surface area contributed by atoms with Crippen LogP contribution in [0.1, 0.15) is 36.5 Å². The molecule has 3 rings (SSSR count). The molecule has 0 N–H and O–H groups in total. The van der Waals surface area contributed by atoms with Crippen LogP contribution in [0.25, 0.3) is 0 Å². The number of hydrogen-bond acceptors (Lipinski definition) is 5. The molecular formula is C20H26N4O2. The molecular weight excluding hydrogens is 328 g/mol. The van der Waals surface area contributed by atoms with Crippen LogP contribution in [0.5, 0.6) is 5.75 Å². The van der Waals surface area contributed by atoms with Crippen molar-refractivity contribution in [1.29, 1.82) is 0 Å². The molecule has 0 bridgehead atoms. The van der Waals surface area contributed by atoms with Gasteiger partial charge in [-0.25, -0.2) is 4.98 Å². The molecule has 6 nitrogen and oxygen atoms in total. The van der Waals surface area contributed by atoms with Gasteiger partial charge in [-0.15, -0.1) is 0 Å². The highest BCUT2D eigenvalue weighted by atomic mass is 16.5. The first-order valence-electron chi connectivity index (χ1n) is 9.20. The van der Waals surface area contributed by atoms with E-state index < -0.39 is 0 Å². The van der Waals surface area contributed by atoms with Gasteiger partial charge >= 0.3 is 0 Å². The molecule has 26 heavy (non-hydrogen) atoms. The normalized spacial score (nSPS) is 14.9. The maximum Gasteiger partial charge on any atom is 0.255 e. The molecule has 1 saturated heterocycles. The quantitative estimate of drug-likeness (QED) is 0.798. The largest absolute Gasteiger partial charge is 0.489 e. The summed E-state index contributed by atoms with van der Waals surface area (Å²) in [6.07, 6.45) is 7.98. The number of hydrogen-bond donors (Lipinski definition) is 0. The third-order valence-corrected chi connectivity index (χ3v) is 4.61. The van der Waals surface area contributed by atoms with Crippen LogP contribution in [0, 0.1) is 0 Å². The van der Waals surface area contributed by atoms with Crippen LogP contribution in [-0.4, -0.2) is 53.6 Å². The van der Waals surface area contributed by atoms with Gasteiger partial charge in [0, 0.05) is 51.9 Å². The Labute approximate surface area is 154 Å². The molecule has 1 aliphatic heterocycles. The SMILES string of the molecule is CCCN(C)c1ccc(C(=O)N2CCC(Oc3cccnc3)CC2)cn1. The second-order valence-corrected chi connectivity index (χ2v) is 6.62. The van der Waals surface area contributed by atoms with Crippen molar-refractivity contribution in [1.82, 2.24) is 14.9 Å². The molecule has 0 spiro atoms. The lowest BCUT2D eigenvalue weighted by atomic mass is 10.1. The van der Waals surface area contributed by atoms with Crippen molar-refractivity contribution < 1.29 is 9.53 Å². The molecule has 1 aliphatic rings. The lowest BCUT2D eigenvalue weighted by molar-refractivity contribution is 0.0594. The monoisotopic (exact) mass is 354 g/mol. The number of piperidine rings is 1. The van der Waals surface area contributed by atoms with E-state index in [1.165, 1.54) is 0 Å². The van der Waals surface area contributed by atoms with Gasteiger partial charge in [0.2, 0.25) is 0 Å². The van der Waals surface area contributed by atoms with E-state index in [0.717, 1.165) is 37.4 Å². The summed E-state index contributed by atoms with van der Waals surface area (Å²) in [7, 11) is 2.01. The highest BCUT2D eigenvalue weighted by Crippen LogP contribution is 2.20. The van der Waals surface area contributed by atoms with Crippen molar-refractivity contribution in [2.24, 2.45) is 0 Å². The zero-order valence-corrected chi connectivity index (χ0v) is 15.5. The number of ether oxygens (including phenoxy) is 1. The minimum atomic E-state index is 0.0435. The first-order chi connectivity index (χ1) is 12.7. The summed E-state index contributed by atoms with van der Waals surface area (Å²) in [6, 6.07) is 7.56. The summed E-state index contributed by atoms with van der Waals surface area (Å²) in [6.45, 7) is 4.48. The number of anilines is 1. The minimum Gasteiger partial charge on any atom is -0.489 e. The number of aromatic nitrogens is 2. The number of amides is 1. The standard InChI is InChI=1S/C20H26N4O2/c1-3-11-23(2)19-7-6-16(14-22-19)20(25)24-12-8-17(9-13-24)26-18-5-4-10-21-15-18/h4-7,10,14-15,17H,3,8-9,11-13H2,1-2H3. The Bertz CT molecular complexity index is 698. The Kier molecular flexibility index (Phi) is 6.04. The van der Waals surface area contributed by atoms with Gasteiger partial charge in [0.15, 0.2) is 0 Å². The zero-order valence-electron chi connectivity index (χ0n) is 15.5. The Morgan fingerprint density at radius 1 is 1.27 bits per heavy atom. The summed E-state index contributed by atoms with van der Waals surface area (Å²) in [4.78, 5) is 25.2. The fourth-order valence-electron chi connectivity index (χ4n) is 3.16. The zero-order chi connectivity index (χ0) is 18.4. The van der Waals surface area contributed by atoms with Crippen LogP contribution in [-0.2, 0) is 0 Å². The summed E-state index contributed by atoms with van der Waals surface area (Å²) in [5.41, 5.74) is 0.644. The number of carbonyl (C=O) groups is 1. The number of pyridine rings is 2. The number of carbonyl (C=O) groups excluding carboxylic acids is 1. The van der Waals surface area contributed by atoms with Crippen molar-refractivity contribution in [3.63, 3.8) is 0 Å². The van der Waals surface area contributed by atoms with Gasteiger partial charge in [0.1, 0.15) is 17.7 Å². The number of nitrogens with zero attached hydrogens (tertiary/aromatic N) is 4. The van der Waals surface area contributed by atoms with E-state index in [0.29, 0.717) is 18.7 Å². The van der Waals surface area contributed by atoms with Crippen LogP contribution in [0.3, 0.4) is 0 Å². The second-order valence-electron chi connectivity index (χ2n) is 6.62. The third-order valence-electron chi connectivity index (χ3n) is 4.61. The Morgan fingerprint density at radius 3 is 2.69 bits per heavy atom. The first kappa shape index (κ1) is 18.2. The van der Waals surface area contributed by atoms with Gasteiger partial charge in [-0.2, -0.15) is 0 Å². The lowest BCUT2D eigenvalue weighted by Crippen LogP contribution is -2.41. The van der Waals surface area contributed by atoms with Gasteiger partial charge in [0.25, 0.3) is 5.91 Å². The Balaban J connectivity index is 1.53. The number of rotatable bonds is 6. The molecule has 1 amide bonds. The molecule has 3 heterocycles. The molecule has 0 aliphatic carbocycles. The van der Waals surface area contributed by atoms with Gasteiger partial charge in [-0.3, -0.25) is 9.78 Å². The predicted octanol–water partition coefficient (Wildman–Crippen LogP) is 3.01. The molecule has 1 fully saturated rings. The highest BCUT2D eigenvalue weighted by Gasteiger charge is 2.25. The predicted molar refractivity (Wildman–Crippen MR) is 102 cm³/mol. The van der Waals surface area contributed by atoms with E-state index in [-0.39, 0.29) is 12.0 Å². The van der Waals surface area contributed by atoms with Crippen LogP contribution in [0.15, 0.2) is 42.9 Å². The summed E-state index contributed by atoms with van der Waals surface area (Å²) >= 11 is 0. The summed E-state index contributed by atoms with van der Waals surface area (Å²) < 4.78 is 5.94. The molecule has 2 aromatic rings.